The van der Waals surface area contributed by atoms with Crippen LogP contribution in [0.3, 0.4) is 0 Å². The van der Waals surface area contributed by atoms with E-state index in [0.717, 1.165) is 38.0 Å². The standard InChI is InChI=1S/C13H21N3O/c1-11-12(7-6-9-15-11)13(17)16(2)10-5-3-4-8-14/h6-7,9H,3-5,8,10,14H2,1-2H3. The summed E-state index contributed by atoms with van der Waals surface area (Å²) >= 11 is 0. The van der Waals surface area contributed by atoms with Crippen LogP contribution in [0.15, 0.2) is 18.3 Å². The average molecular weight is 235 g/mol. The Hall–Kier alpha value is -1.42. The Kier molecular flexibility index (Phi) is 5.63. The van der Waals surface area contributed by atoms with Gasteiger partial charge in [0, 0.05) is 25.5 Å². The normalized spacial score (nSPS) is 10.3. The third kappa shape index (κ3) is 4.15. The van der Waals surface area contributed by atoms with E-state index in [9.17, 15) is 4.79 Å². The van der Waals surface area contributed by atoms with Crippen molar-refractivity contribution in [1.82, 2.24) is 9.88 Å². The summed E-state index contributed by atoms with van der Waals surface area (Å²) in [6, 6.07) is 3.61. The van der Waals surface area contributed by atoms with E-state index in [1.807, 2.05) is 20.0 Å². The first-order valence-corrected chi connectivity index (χ1v) is 6.04. The van der Waals surface area contributed by atoms with Crippen LogP contribution in [-0.2, 0) is 0 Å². The molecule has 4 heteroatoms. The molecule has 0 fully saturated rings. The highest BCUT2D eigenvalue weighted by atomic mass is 16.2. The van der Waals surface area contributed by atoms with Crippen LogP contribution in [0.2, 0.25) is 0 Å². The van der Waals surface area contributed by atoms with Gasteiger partial charge in [0.2, 0.25) is 0 Å². The molecule has 4 nitrogen and oxygen atoms in total. The smallest absolute Gasteiger partial charge is 0.255 e. The lowest BCUT2D eigenvalue weighted by molar-refractivity contribution is 0.0791. The number of carbonyl (C=O) groups is 1. The fourth-order valence-corrected chi connectivity index (χ4v) is 1.69. The van der Waals surface area contributed by atoms with Crippen molar-refractivity contribution >= 4 is 5.91 Å². The maximum atomic E-state index is 12.1. The Labute approximate surface area is 103 Å². The minimum absolute atomic E-state index is 0.0448. The monoisotopic (exact) mass is 235 g/mol. The number of hydrogen-bond acceptors (Lipinski definition) is 3. The molecule has 0 aliphatic rings. The van der Waals surface area contributed by atoms with E-state index < -0.39 is 0 Å². The molecular weight excluding hydrogens is 214 g/mol. The summed E-state index contributed by atoms with van der Waals surface area (Å²) in [6.07, 6.45) is 4.79. The second-order valence-corrected chi connectivity index (χ2v) is 4.21. The molecule has 1 rings (SSSR count). The van der Waals surface area contributed by atoms with Gasteiger partial charge in [0.05, 0.1) is 5.56 Å². The number of nitrogens with zero attached hydrogens (tertiary/aromatic N) is 2. The third-order valence-electron chi connectivity index (χ3n) is 2.78. The summed E-state index contributed by atoms with van der Waals surface area (Å²) in [5, 5.41) is 0. The van der Waals surface area contributed by atoms with Crippen LogP contribution in [0.25, 0.3) is 0 Å². The predicted octanol–water partition coefficient (Wildman–Crippen LogP) is 1.59. The molecule has 94 valence electrons. The van der Waals surface area contributed by atoms with Crippen molar-refractivity contribution in [3.05, 3.63) is 29.6 Å². The number of amides is 1. The summed E-state index contributed by atoms with van der Waals surface area (Å²) in [5.74, 6) is 0.0448. The summed E-state index contributed by atoms with van der Waals surface area (Å²) in [4.78, 5) is 18.0. The first-order chi connectivity index (χ1) is 8.16. The molecule has 0 spiro atoms. The van der Waals surface area contributed by atoms with Crippen molar-refractivity contribution in [3.63, 3.8) is 0 Å². The first-order valence-electron chi connectivity index (χ1n) is 6.04. The highest BCUT2D eigenvalue weighted by Crippen LogP contribution is 2.08. The molecule has 2 N–H and O–H groups in total. The van der Waals surface area contributed by atoms with Gasteiger partial charge in [-0.1, -0.05) is 6.42 Å². The first kappa shape index (κ1) is 13.6. The Morgan fingerprint density at radius 1 is 1.41 bits per heavy atom. The van der Waals surface area contributed by atoms with Crippen LogP contribution in [-0.4, -0.2) is 35.9 Å². The van der Waals surface area contributed by atoms with E-state index >= 15 is 0 Å². The molecule has 0 saturated carbocycles. The number of pyridine rings is 1. The molecule has 0 aliphatic heterocycles. The number of rotatable bonds is 6. The molecule has 1 heterocycles. The van der Waals surface area contributed by atoms with Crippen LogP contribution in [0.5, 0.6) is 0 Å². The second kappa shape index (κ2) is 7.01. The van der Waals surface area contributed by atoms with Crippen molar-refractivity contribution in [2.45, 2.75) is 26.2 Å². The van der Waals surface area contributed by atoms with Gasteiger partial charge in [0.25, 0.3) is 5.91 Å². The van der Waals surface area contributed by atoms with Gasteiger partial charge in [0.15, 0.2) is 0 Å². The summed E-state index contributed by atoms with van der Waals surface area (Å²) in [6.45, 7) is 3.35. The molecule has 0 unspecified atom stereocenters. The van der Waals surface area contributed by atoms with Gasteiger partial charge < -0.3 is 10.6 Å². The van der Waals surface area contributed by atoms with Gasteiger partial charge in [-0.3, -0.25) is 9.78 Å². The van der Waals surface area contributed by atoms with Gasteiger partial charge in [-0.25, -0.2) is 0 Å². The van der Waals surface area contributed by atoms with Gasteiger partial charge in [-0.2, -0.15) is 0 Å². The summed E-state index contributed by atoms with van der Waals surface area (Å²) < 4.78 is 0. The topological polar surface area (TPSA) is 59.2 Å². The van der Waals surface area contributed by atoms with Gasteiger partial charge in [0.1, 0.15) is 0 Å². The highest BCUT2D eigenvalue weighted by Gasteiger charge is 2.13. The Morgan fingerprint density at radius 3 is 2.82 bits per heavy atom. The molecule has 1 amide bonds. The largest absolute Gasteiger partial charge is 0.342 e. The number of aryl methyl sites for hydroxylation is 1. The average Bonchev–Trinajstić information content (AvgIpc) is 2.34. The zero-order chi connectivity index (χ0) is 12.7. The number of nitrogens with two attached hydrogens (primary N) is 1. The summed E-state index contributed by atoms with van der Waals surface area (Å²) in [7, 11) is 1.83. The zero-order valence-corrected chi connectivity index (χ0v) is 10.6. The Balaban J connectivity index is 2.49. The fraction of sp³-hybridized carbons (Fsp3) is 0.538. The molecule has 1 aromatic heterocycles. The predicted molar refractivity (Wildman–Crippen MR) is 68.8 cm³/mol. The van der Waals surface area contributed by atoms with Gasteiger partial charge in [-0.15, -0.1) is 0 Å². The molecule has 0 radical (unpaired) electrons. The fourth-order valence-electron chi connectivity index (χ4n) is 1.69. The lowest BCUT2D eigenvalue weighted by atomic mass is 10.1. The lowest BCUT2D eigenvalue weighted by Gasteiger charge is -2.17. The summed E-state index contributed by atoms with van der Waals surface area (Å²) in [5.41, 5.74) is 6.90. The van der Waals surface area contributed by atoms with Crippen LogP contribution < -0.4 is 5.73 Å². The van der Waals surface area contributed by atoms with Gasteiger partial charge in [-0.05, 0) is 38.4 Å². The van der Waals surface area contributed by atoms with Crippen molar-refractivity contribution in [2.24, 2.45) is 5.73 Å². The molecule has 0 aliphatic carbocycles. The van der Waals surface area contributed by atoms with Crippen LogP contribution in [0.4, 0.5) is 0 Å². The maximum Gasteiger partial charge on any atom is 0.255 e. The van der Waals surface area contributed by atoms with E-state index in [4.69, 9.17) is 5.73 Å². The molecule has 0 bridgehead atoms. The van der Waals surface area contributed by atoms with E-state index in [2.05, 4.69) is 4.98 Å². The second-order valence-electron chi connectivity index (χ2n) is 4.21. The molecular formula is C13H21N3O. The van der Waals surface area contributed by atoms with Crippen molar-refractivity contribution < 1.29 is 4.79 Å². The quantitative estimate of drug-likeness (QED) is 0.762. The van der Waals surface area contributed by atoms with E-state index in [1.54, 1.807) is 17.2 Å². The van der Waals surface area contributed by atoms with Crippen molar-refractivity contribution in [3.8, 4) is 0 Å². The molecule has 0 saturated heterocycles. The van der Waals surface area contributed by atoms with Crippen LogP contribution in [0.1, 0.15) is 35.3 Å². The molecule has 17 heavy (non-hydrogen) atoms. The molecule has 0 aromatic carbocycles. The number of unbranched alkanes of at least 4 members (excludes halogenated alkanes) is 2. The van der Waals surface area contributed by atoms with Crippen LogP contribution in [0, 0.1) is 6.92 Å². The van der Waals surface area contributed by atoms with Crippen molar-refractivity contribution in [2.75, 3.05) is 20.1 Å². The third-order valence-corrected chi connectivity index (χ3v) is 2.78. The highest BCUT2D eigenvalue weighted by molar-refractivity contribution is 5.94. The Morgan fingerprint density at radius 2 is 2.18 bits per heavy atom. The number of hydrogen-bond donors (Lipinski definition) is 1. The number of aromatic nitrogens is 1. The molecule has 0 atom stereocenters. The van der Waals surface area contributed by atoms with Crippen LogP contribution >= 0.6 is 0 Å². The lowest BCUT2D eigenvalue weighted by Crippen LogP contribution is -2.28. The minimum Gasteiger partial charge on any atom is -0.342 e. The van der Waals surface area contributed by atoms with Crippen molar-refractivity contribution in [1.29, 1.82) is 0 Å². The zero-order valence-electron chi connectivity index (χ0n) is 10.6. The molecule has 1 aromatic rings. The SMILES string of the molecule is Cc1ncccc1C(=O)N(C)CCCCCN. The Bertz CT molecular complexity index is 365. The van der Waals surface area contributed by atoms with E-state index in [-0.39, 0.29) is 5.91 Å². The maximum absolute atomic E-state index is 12.1. The van der Waals surface area contributed by atoms with E-state index in [1.165, 1.54) is 0 Å². The van der Waals surface area contributed by atoms with E-state index in [0.29, 0.717) is 5.56 Å². The van der Waals surface area contributed by atoms with Gasteiger partial charge >= 0.3 is 0 Å². The minimum atomic E-state index is 0.0448. The number of carbonyl (C=O) groups excluding carboxylic acids is 1.